The van der Waals surface area contributed by atoms with E-state index < -0.39 is 29.5 Å². The van der Waals surface area contributed by atoms with E-state index in [-0.39, 0.29) is 33.4 Å². The number of aliphatic hydroxyl groups is 1. The molecular weight excluding hydrogens is 480 g/mol. The van der Waals surface area contributed by atoms with E-state index in [0.29, 0.717) is 17.0 Å². The van der Waals surface area contributed by atoms with E-state index in [1.807, 2.05) is 24.3 Å². The number of thiazole rings is 1. The van der Waals surface area contributed by atoms with Crippen LogP contribution in [0.1, 0.15) is 76.5 Å². The lowest BCUT2D eigenvalue weighted by atomic mass is 9.85. The number of carbonyl (C=O) groups is 3. The lowest BCUT2D eigenvalue weighted by Gasteiger charge is -2.25. The van der Waals surface area contributed by atoms with Crippen LogP contribution in [-0.2, 0) is 14.9 Å². The molecule has 36 heavy (non-hydrogen) atoms. The van der Waals surface area contributed by atoms with Crippen molar-refractivity contribution >= 4 is 34.1 Å². The fourth-order valence-corrected chi connectivity index (χ4v) is 5.06. The van der Waals surface area contributed by atoms with Gasteiger partial charge in [-0.15, -0.1) is 0 Å². The van der Waals surface area contributed by atoms with Crippen molar-refractivity contribution in [3.8, 4) is 0 Å². The topological polar surface area (TPSA) is 110 Å². The number of esters is 1. The van der Waals surface area contributed by atoms with E-state index in [4.69, 9.17) is 9.15 Å². The first-order valence-corrected chi connectivity index (χ1v) is 12.4. The Bertz CT molecular complexity index is 1370. The lowest BCUT2D eigenvalue weighted by Crippen LogP contribution is -2.31. The monoisotopic (exact) mass is 508 g/mol. The Labute approximate surface area is 213 Å². The summed E-state index contributed by atoms with van der Waals surface area (Å²) in [5, 5.41) is 11.1. The molecule has 0 spiro atoms. The Balaban J connectivity index is 1.85. The van der Waals surface area contributed by atoms with Gasteiger partial charge in [0.05, 0.1) is 23.9 Å². The van der Waals surface area contributed by atoms with E-state index in [1.165, 1.54) is 11.0 Å². The highest BCUT2D eigenvalue weighted by Gasteiger charge is 2.47. The molecule has 0 aliphatic carbocycles. The van der Waals surface area contributed by atoms with E-state index in [0.717, 1.165) is 16.9 Å². The molecule has 9 heteroatoms. The number of aryl methyl sites for hydroxylation is 2. The Morgan fingerprint density at radius 1 is 1.14 bits per heavy atom. The third-order valence-electron chi connectivity index (χ3n) is 5.96. The minimum atomic E-state index is -0.968. The highest BCUT2D eigenvalue weighted by Crippen LogP contribution is 2.44. The van der Waals surface area contributed by atoms with Crippen molar-refractivity contribution in [2.75, 3.05) is 11.5 Å². The minimum Gasteiger partial charge on any atom is -0.503 e. The van der Waals surface area contributed by atoms with Gasteiger partial charge in [0.1, 0.15) is 10.6 Å². The largest absolute Gasteiger partial charge is 0.503 e. The van der Waals surface area contributed by atoms with E-state index in [1.54, 1.807) is 26.8 Å². The predicted octanol–water partition coefficient (Wildman–Crippen LogP) is 5.61. The summed E-state index contributed by atoms with van der Waals surface area (Å²) >= 11 is 0.977. The van der Waals surface area contributed by atoms with Gasteiger partial charge in [0.25, 0.3) is 5.91 Å². The van der Waals surface area contributed by atoms with Crippen LogP contribution < -0.4 is 4.90 Å². The van der Waals surface area contributed by atoms with E-state index in [9.17, 15) is 19.5 Å². The van der Waals surface area contributed by atoms with Gasteiger partial charge in [0, 0.05) is 0 Å². The number of anilines is 1. The second kappa shape index (κ2) is 9.39. The Hall–Kier alpha value is -3.72. The molecule has 1 aromatic carbocycles. The molecule has 0 saturated heterocycles. The zero-order valence-electron chi connectivity index (χ0n) is 21.0. The van der Waals surface area contributed by atoms with Gasteiger partial charge < -0.3 is 14.3 Å². The number of carbonyl (C=O) groups excluding carboxylic acids is 3. The van der Waals surface area contributed by atoms with Crippen LogP contribution in [0.4, 0.5) is 5.13 Å². The van der Waals surface area contributed by atoms with E-state index in [2.05, 4.69) is 25.8 Å². The molecule has 1 atom stereocenters. The molecule has 0 unspecified atom stereocenters. The second-order valence-corrected chi connectivity index (χ2v) is 10.6. The van der Waals surface area contributed by atoms with Crippen molar-refractivity contribution in [1.82, 2.24) is 4.98 Å². The van der Waals surface area contributed by atoms with Crippen molar-refractivity contribution in [3.05, 3.63) is 80.9 Å². The number of hydrogen-bond donors (Lipinski definition) is 1. The molecule has 1 aliphatic heterocycles. The Morgan fingerprint density at radius 2 is 1.81 bits per heavy atom. The number of furan rings is 1. The fourth-order valence-electron chi connectivity index (χ4n) is 4.08. The van der Waals surface area contributed by atoms with Crippen molar-refractivity contribution < 1.29 is 28.6 Å². The molecule has 1 N–H and O–H groups in total. The number of Topliss-reactive ketones (excluding diaryl/α,β-unsaturated/α-hetero) is 1. The van der Waals surface area contributed by atoms with Crippen molar-refractivity contribution in [2.24, 2.45) is 0 Å². The van der Waals surface area contributed by atoms with Crippen LogP contribution in [0.5, 0.6) is 0 Å². The van der Waals surface area contributed by atoms with Gasteiger partial charge in [0.15, 0.2) is 16.7 Å². The third kappa shape index (κ3) is 4.46. The third-order valence-corrected chi connectivity index (χ3v) is 7.10. The zero-order chi connectivity index (χ0) is 26.4. The first kappa shape index (κ1) is 25.4. The highest BCUT2D eigenvalue weighted by atomic mass is 32.1. The first-order valence-electron chi connectivity index (χ1n) is 11.6. The maximum absolute atomic E-state index is 13.5. The number of amides is 1. The number of aliphatic hydroxyl groups excluding tert-OH is 1. The number of aromatic nitrogens is 1. The van der Waals surface area contributed by atoms with Crippen LogP contribution in [0.3, 0.4) is 0 Å². The Kier molecular flexibility index (Phi) is 6.62. The van der Waals surface area contributed by atoms with Crippen LogP contribution in [-0.4, -0.2) is 34.4 Å². The minimum absolute atomic E-state index is 0.0162. The molecule has 1 aliphatic rings. The Morgan fingerprint density at radius 3 is 2.36 bits per heavy atom. The zero-order valence-corrected chi connectivity index (χ0v) is 21.9. The molecule has 1 amide bonds. The van der Waals surface area contributed by atoms with Crippen LogP contribution in [0.25, 0.3) is 0 Å². The molecule has 188 valence electrons. The number of ketones is 1. The van der Waals surface area contributed by atoms with Gasteiger partial charge in [-0.2, -0.15) is 0 Å². The van der Waals surface area contributed by atoms with Crippen molar-refractivity contribution in [2.45, 2.75) is 53.0 Å². The summed E-state index contributed by atoms with van der Waals surface area (Å²) in [5.41, 5.74) is 1.86. The fraction of sp³-hybridized carbons (Fsp3) is 0.333. The number of benzene rings is 1. The summed E-state index contributed by atoms with van der Waals surface area (Å²) in [6.45, 7) is 11.5. The molecule has 3 heterocycles. The molecular formula is C27H28N2O6S. The molecule has 3 aromatic rings. The average Bonchev–Trinajstić information content (AvgIpc) is 3.49. The molecule has 8 nitrogen and oxygen atoms in total. The van der Waals surface area contributed by atoms with Gasteiger partial charge in [-0.25, -0.2) is 9.78 Å². The van der Waals surface area contributed by atoms with Crippen LogP contribution in [0.2, 0.25) is 0 Å². The maximum Gasteiger partial charge on any atom is 0.350 e. The normalized spacial score (nSPS) is 16.1. The highest BCUT2D eigenvalue weighted by molar-refractivity contribution is 7.17. The summed E-state index contributed by atoms with van der Waals surface area (Å²) in [7, 11) is 0. The number of rotatable bonds is 6. The maximum atomic E-state index is 13.5. The molecule has 0 bridgehead atoms. The van der Waals surface area contributed by atoms with Crippen LogP contribution in [0.15, 0.2) is 52.1 Å². The van der Waals surface area contributed by atoms with E-state index >= 15 is 0 Å². The standard InChI is InChI=1S/C27H28N2O6S/c1-7-34-25(33)23-15(3)28-26(36-23)29-20(16-9-11-17(12-10-16)27(4,5)6)19(22(31)24(29)32)21(30)18-13-8-14(2)35-18/h8-13,20,31H,7H2,1-6H3/t20-/m0/s1. The summed E-state index contributed by atoms with van der Waals surface area (Å²) in [5.74, 6) is -2.06. The number of hydrogen-bond acceptors (Lipinski definition) is 8. The smallest absolute Gasteiger partial charge is 0.350 e. The van der Waals surface area contributed by atoms with Crippen LogP contribution >= 0.6 is 11.3 Å². The van der Waals surface area contributed by atoms with Gasteiger partial charge in [0.2, 0.25) is 5.78 Å². The number of ether oxygens (including phenoxy) is 1. The lowest BCUT2D eigenvalue weighted by molar-refractivity contribution is -0.117. The summed E-state index contributed by atoms with van der Waals surface area (Å²) in [4.78, 5) is 45.2. The summed E-state index contributed by atoms with van der Waals surface area (Å²) in [6.07, 6.45) is 0. The molecule has 0 saturated carbocycles. The van der Waals surface area contributed by atoms with Gasteiger partial charge in [-0.1, -0.05) is 56.4 Å². The average molecular weight is 509 g/mol. The molecule has 2 aromatic heterocycles. The van der Waals surface area contributed by atoms with Crippen molar-refractivity contribution in [1.29, 1.82) is 0 Å². The summed E-state index contributed by atoms with van der Waals surface area (Å²) in [6, 6.07) is 9.71. The predicted molar refractivity (Wildman–Crippen MR) is 136 cm³/mol. The van der Waals surface area contributed by atoms with Crippen molar-refractivity contribution in [3.63, 3.8) is 0 Å². The van der Waals surface area contributed by atoms with Gasteiger partial charge in [-0.05, 0) is 49.4 Å². The number of nitrogens with zero attached hydrogens (tertiary/aromatic N) is 2. The summed E-state index contributed by atoms with van der Waals surface area (Å²) < 4.78 is 10.6. The van der Waals surface area contributed by atoms with Crippen LogP contribution in [0, 0.1) is 13.8 Å². The SMILES string of the molecule is CCOC(=O)c1sc(N2C(=O)C(O)=C(C(=O)c3ccc(C)o3)[C@@H]2c2ccc(C(C)(C)C)cc2)nc1C. The molecule has 4 rings (SSSR count). The van der Waals surface area contributed by atoms with Gasteiger partial charge in [-0.3, -0.25) is 14.5 Å². The molecule has 0 fully saturated rings. The van der Waals surface area contributed by atoms with Gasteiger partial charge >= 0.3 is 5.97 Å². The molecule has 0 radical (unpaired) electrons. The first-order chi connectivity index (χ1) is 16.9. The quantitative estimate of drug-likeness (QED) is 0.340. The second-order valence-electron chi connectivity index (χ2n) is 9.58.